The number of fused-ring (bicyclic) bond motifs is 1. The minimum Gasteiger partial charge on any atom is -0.497 e. The Hall–Kier alpha value is -1.51. The molecular formula is C16H22N2O. The van der Waals surface area contributed by atoms with Crippen LogP contribution in [0.2, 0.25) is 0 Å². The molecule has 19 heavy (non-hydrogen) atoms. The zero-order valence-corrected chi connectivity index (χ0v) is 11.6. The molecule has 3 rings (SSSR count). The van der Waals surface area contributed by atoms with Crippen molar-refractivity contribution in [2.24, 2.45) is 5.92 Å². The van der Waals surface area contributed by atoms with Crippen LogP contribution in [-0.4, -0.2) is 17.1 Å². The molecule has 1 heterocycles. The number of benzene rings is 1. The van der Waals surface area contributed by atoms with Crippen LogP contribution in [0, 0.1) is 5.92 Å². The second-order valence-corrected chi connectivity index (χ2v) is 5.63. The Morgan fingerprint density at radius 1 is 1.21 bits per heavy atom. The molecule has 0 atom stereocenters. The van der Waals surface area contributed by atoms with Gasteiger partial charge in [0.2, 0.25) is 0 Å². The third kappa shape index (κ3) is 2.91. The first kappa shape index (κ1) is 12.5. The summed E-state index contributed by atoms with van der Waals surface area (Å²) >= 11 is 0. The van der Waals surface area contributed by atoms with Gasteiger partial charge in [-0.15, -0.1) is 0 Å². The first-order chi connectivity index (χ1) is 9.35. The van der Waals surface area contributed by atoms with E-state index in [1.165, 1.54) is 38.5 Å². The van der Waals surface area contributed by atoms with Crippen molar-refractivity contribution in [1.29, 1.82) is 0 Å². The largest absolute Gasteiger partial charge is 0.497 e. The van der Waals surface area contributed by atoms with E-state index >= 15 is 0 Å². The highest BCUT2D eigenvalue weighted by atomic mass is 16.5. The van der Waals surface area contributed by atoms with Crippen LogP contribution in [0.15, 0.2) is 18.2 Å². The Morgan fingerprint density at radius 3 is 2.74 bits per heavy atom. The van der Waals surface area contributed by atoms with E-state index in [1.54, 1.807) is 7.11 Å². The Kier molecular flexibility index (Phi) is 3.72. The van der Waals surface area contributed by atoms with Gasteiger partial charge in [-0.05, 0) is 18.1 Å². The fourth-order valence-electron chi connectivity index (χ4n) is 3.11. The molecule has 1 aromatic heterocycles. The van der Waals surface area contributed by atoms with E-state index in [0.717, 1.165) is 34.9 Å². The highest BCUT2D eigenvalue weighted by Crippen LogP contribution is 2.26. The number of imidazole rings is 1. The standard InChI is InChI=1S/C16H22N2O/c1-19-13-8-9-14-15(11-13)18-16(17-14)10-12-6-4-2-3-5-7-12/h8-9,11-12H,2-7,10H2,1H3,(H,17,18). The maximum absolute atomic E-state index is 5.25. The summed E-state index contributed by atoms with van der Waals surface area (Å²) < 4.78 is 5.25. The average molecular weight is 258 g/mol. The highest BCUT2D eigenvalue weighted by Gasteiger charge is 2.15. The molecule has 1 N–H and O–H groups in total. The second-order valence-electron chi connectivity index (χ2n) is 5.63. The lowest BCUT2D eigenvalue weighted by Crippen LogP contribution is -2.04. The van der Waals surface area contributed by atoms with Gasteiger partial charge in [0.25, 0.3) is 0 Å². The Balaban J connectivity index is 1.76. The number of H-pyrrole nitrogens is 1. The lowest BCUT2D eigenvalue weighted by molar-refractivity contribution is 0.415. The predicted molar refractivity (Wildman–Crippen MR) is 77.5 cm³/mol. The molecule has 1 aliphatic rings. The molecule has 1 aliphatic carbocycles. The van der Waals surface area contributed by atoms with E-state index in [2.05, 4.69) is 4.98 Å². The van der Waals surface area contributed by atoms with Crippen LogP contribution in [0.25, 0.3) is 11.0 Å². The van der Waals surface area contributed by atoms with Crippen molar-refractivity contribution in [3.05, 3.63) is 24.0 Å². The molecule has 3 nitrogen and oxygen atoms in total. The molecule has 1 saturated carbocycles. The van der Waals surface area contributed by atoms with E-state index in [4.69, 9.17) is 9.72 Å². The third-order valence-electron chi connectivity index (χ3n) is 4.19. The van der Waals surface area contributed by atoms with Gasteiger partial charge in [0.05, 0.1) is 18.1 Å². The smallest absolute Gasteiger partial charge is 0.121 e. The van der Waals surface area contributed by atoms with Crippen molar-refractivity contribution in [2.75, 3.05) is 7.11 Å². The van der Waals surface area contributed by atoms with Crippen LogP contribution in [0.5, 0.6) is 5.75 Å². The highest BCUT2D eigenvalue weighted by molar-refractivity contribution is 5.76. The quantitative estimate of drug-likeness (QED) is 0.842. The molecule has 0 unspecified atom stereocenters. The molecule has 0 spiro atoms. The van der Waals surface area contributed by atoms with Crippen LogP contribution in [0.1, 0.15) is 44.3 Å². The molecule has 0 amide bonds. The summed E-state index contributed by atoms with van der Waals surface area (Å²) in [7, 11) is 1.70. The number of ether oxygens (including phenoxy) is 1. The molecule has 2 aromatic rings. The minimum absolute atomic E-state index is 0.810. The summed E-state index contributed by atoms with van der Waals surface area (Å²) in [6.45, 7) is 0. The second kappa shape index (κ2) is 5.64. The number of aromatic nitrogens is 2. The van der Waals surface area contributed by atoms with Crippen molar-refractivity contribution in [2.45, 2.75) is 44.9 Å². The van der Waals surface area contributed by atoms with Crippen LogP contribution in [0.4, 0.5) is 0 Å². The predicted octanol–water partition coefficient (Wildman–Crippen LogP) is 4.08. The molecule has 0 aliphatic heterocycles. The summed E-state index contributed by atoms with van der Waals surface area (Å²) in [6.07, 6.45) is 9.41. The monoisotopic (exact) mass is 258 g/mol. The number of hydrogen-bond donors (Lipinski definition) is 1. The van der Waals surface area contributed by atoms with E-state index in [-0.39, 0.29) is 0 Å². The van der Waals surface area contributed by atoms with Gasteiger partial charge >= 0.3 is 0 Å². The topological polar surface area (TPSA) is 37.9 Å². The van der Waals surface area contributed by atoms with E-state index in [0.29, 0.717) is 0 Å². The third-order valence-corrected chi connectivity index (χ3v) is 4.19. The summed E-state index contributed by atoms with van der Waals surface area (Å²) in [5.41, 5.74) is 2.13. The van der Waals surface area contributed by atoms with Crippen LogP contribution in [-0.2, 0) is 6.42 Å². The Morgan fingerprint density at radius 2 is 2.00 bits per heavy atom. The molecule has 1 aromatic carbocycles. The average Bonchev–Trinajstić information content (AvgIpc) is 2.64. The van der Waals surface area contributed by atoms with Crippen molar-refractivity contribution < 1.29 is 4.74 Å². The van der Waals surface area contributed by atoms with Gasteiger partial charge in [-0.1, -0.05) is 38.5 Å². The molecule has 0 bridgehead atoms. The Labute approximate surface area is 114 Å². The number of nitrogens with zero attached hydrogens (tertiary/aromatic N) is 1. The first-order valence-corrected chi connectivity index (χ1v) is 7.38. The molecule has 0 radical (unpaired) electrons. The number of nitrogens with one attached hydrogen (secondary N) is 1. The van der Waals surface area contributed by atoms with Crippen molar-refractivity contribution in [3.63, 3.8) is 0 Å². The van der Waals surface area contributed by atoms with Crippen molar-refractivity contribution >= 4 is 11.0 Å². The van der Waals surface area contributed by atoms with E-state index in [9.17, 15) is 0 Å². The number of aromatic amines is 1. The SMILES string of the molecule is COc1ccc2nc(CC3CCCCCC3)[nH]c2c1. The zero-order valence-electron chi connectivity index (χ0n) is 11.6. The molecule has 1 fully saturated rings. The maximum atomic E-state index is 5.25. The van der Waals surface area contributed by atoms with Gasteiger partial charge < -0.3 is 9.72 Å². The lowest BCUT2D eigenvalue weighted by atomic mass is 9.96. The van der Waals surface area contributed by atoms with Crippen molar-refractivity contribution in [3.8, 4) is 5.75 Å². The number of rotatable bonds is 3. The first-order valence-electron chi connectivity index (χ1n) is 7.38. The van der Waals surface area contributed by atoms with Crippen LogP contribution >= 0.6 is 0 Å². The summed E-state index contributed by atoms with van der Waals surface area (Å²) in [6, 6.07) is 6.03. The fourth-order valence-corrected chi connectivity index (χ4v) is 3.11. The maximum Gasteiger partial charge on any atom is 0.121 e. The van der Waals surface area contributed by atoms with Gasteiger partial charge in [0.1, 0.15) is 11.6 Å². The summed E-state index contributed by atoms with van der Waals surface area (Å²) in [5, 5.41) is 0. The van der Waals surface area contributed by atoms with Crippen molar-refractivity contribution in [1.82, 2.24) is 9.97 Å². The minimum atomic E-state index is 0.810. The van der Waals surface area contributed by atoms with Gasteiger partial charge in [-0.2, -0.15) is 0 Å². The van der Waals surface area contributed by atoms with Gasteiger partial charge in [-0.3, -0.25) is 0 Å². The number of hydrogen-bond acceptors (Lipinski definition) is 2. The van der Waals surface area contributed by atoms with Crippen LogP contribution < -0.4 is 4.74 Å². The van der Waals surface area contributed by atoms with Gasteiger partial charge in [0.15, 0.2) is 0 Å². The number of methoxy groups -OCH3 is 1. The van der Waals surface area contributed by atoms with E-state index in [1.807, 2.05) is 18.2 Å². The molecule has 0 saturated heterocycles. The summed E-state index contributed by atoms with van der Waals surface area (Å²) in [4.78, 5) is 8.15. The summed E-state index contributed by atoms with van der Waals surface area (Å²) in [5.74, 6) is 2.83. The Bertz CT molecular complexity index is 539. The zero-order chi connectivity index (χ0) is 13.1. The van der Waals surface area contributed by atoms with Gasteiger partial charge in [0, 0.05) is 12.5 Å². The molecule has 3 heteroatoms. The lowest BCUT2D eigenvalue weighted by Gasteiger charge is -2.11. The van der Waals surface area contributed by atoms with Crippen LogP contribution in [0.3, 0.4) is 0 Å². The van der Waals surface area contributed by atoms with Gasteiger partial charge in [-0.25, -0.2) is 4.98 Å². The molecular weight excluding hydrogens is 236 g/mol. The van der Waals surface area contributed by atoms with E-state index < -0.39 is 0 Å². The fraction of sp³-hybridized carbons (Fsp3) is 0.562. The normalized spacial score (nSPS) is 17.5. The molecule has 102 valence electrons.